The predicted molar refractivity (Wildman–Crippen MR) is 127 cm³/mol. The van der Waals surface area contributed by atoms with Crippen molar-refractivity contribution >= 4 is 41.5 Å². The SMILES string of the molecule is CCNC(=NCC(O)c1ccccc1Cl)N(C)Cc1ccc2c(c1)OCCO2.I. The molecule has 1 atom stereocenters. The molecule has 0 fully saturated rings. The molecule has 1 aliphatic heterocycles. The number of aliphatic hydroxyl groups excluding tert-OH is 1. The minimum absolute atomic E-state index is 0. The summed E-state index contributed by atoms with van der Waals surface area (Å²) in [6, 6.07) is 13.2. The first-order chi connectivity index (χ1) is 13.6. The van der Waals surface area contributed by atoms with E-state index in [0.29, 0.717) is 36.3 Å². The molecule has 8 heteroatoms. The molecule has 1 unspecified atom stereocenters. The van der Waals surface area contributed by atoms with E-state index in [1.807, 2.05) is 55.3 Å². The summed E-state index contributed by atoms with van der Waals surface area (Å²) in [6.07, 6.45) is -0.759. The van der Waals surface area contributed by atoms with Gasteiger partial charge in [-0.3, -0.25) is 4.99 Å². The number of guanidine groups is 1. The molecule has 1 heterocycles. The Bertz CT molecular complexity index is 835. The van der Waals surface area contributed by atoms with Crippen molar-refractivity contribution in [2.75, 3.05) is 33.4 Å². The van der Waals surface area contributed by atoms with Gasteiger partial charge in [-0.05, 0) is 30.7 Å². The molecule has 0 amide bonds. The van der Waals surface area contributed by atoms with E-state index in [2.05, 4.69) is 10.3 Å². The lowest BCUT2D eigenvalue weighted by atomic mass is 10.1. The number of ether oxygens (including phenoxy) is 2. The number of nitrogens with zero attached hydrogens (tertiary/aromatic N) is 2. The van der Waals surface area contributed by atoms with E-state index in [-0.39, 0.29) is 30.5 Å². The zero-order valence-corrected chi connectivity index (χ0v) is 19.7. The summed E-state index contributed by atoms with van der Waals surface area (Å²) in [7, 11) is 1.96. The van der Waals surface area contributed by atoms with Crippen molar-refractivity contribution < 1.29 is 14.6 Å². The van der Waals surface area contributed by atoms with Crippen LogP contribution in [-0.2, 0) is 6.54 Å². The standard InChI is InChI=1S/C21H26ClN3O3.HI/c1-3-23-21(24-13-18(26)16-6-4-5-7-17(16)22)25(2)14-15-8-9-19-20(12-15)28-11-10-27-19;/h4-9,12,18,26H,3,10-11,13-14H2,1-2H3,(H,23,24);1H. The number of hydrogen-bond acceptors (Lipinski definition) is 4. The van der Waals surface area contributed by atoms with Crippen molar-refractivity contribution in [1.29, 1.82) is 0 Å². The smallest absolute Gasteiger partial charge is 0.194 e. The maximum atomic E-state index is 10.5. The average molecular weight is 532 g/mol. The van der Waals surface area contributed by atoms with Gasteiger partial charge in [-0.2, -0.15) is 0 Å². The van der Waals surface area contributed by atoms with Gasteiger partial charge in [0.1, 0.15) is 19.3 Å². The van der Waals surface area contributed by atoms with Crippen LogP contribution in [0.1, 0.15) is 24.2 Å². The highest BCUT2D eigenvalue weighted by molar-refractivity contribution is 14.0. The number of aliphatic imine (C=N–C) groups is 1. The monoisotopic (exact) mass is 531 g/mol. The molecular formula is C21H27ClIN3O3. The van der Waals surface area contributed by atoms with Crippen molar-refractivity contribution in [3.63, 3.8) is 0 Å². The molecule has 0 saturated heterocycles. The molecule has 2 N–H and O–H groups in total. The van der Waals surface area contributed by atoms with Gasteiger partial charge in [-0.25, -0.2) is 0 Å². The van der Waals surface area contributed by atoms with E-state index < -0.39 is 6.10 Å². The summed E-state index contributed by atoms with van der Waals surface area (Å²) < 4.78 is 11.2. The topological polar surface area (TPSA) is 66.3 Å². The van der Waals surface area contributed by atoms with E-state index in [0.717, 1.165) is 23.6 Å². The zero-order valence-electron chi connectivity index (χ0n) is 16.6. The Morgan fingerprint density at radius 2 is 1.93 bits per heavy atom. The molecule has 2 aromatic rings. The first kappa shape index (κ1) is 23.6. The lowest BCUT2D eigenvalue weighted by molar-refractivity contribution is 0.171. The third kappa shape index (κ3) is 6.38. The minimum atomic E-state index is -0.759. The van der Waals surface area contributed by atoms with Crippen LogP contribution in [0.15, 0.2) is 47.5 Å². The van der Waals surface area contributed by atoms with Crippen LogP contribution in [-0.4, -0.2) is 49.3 Å². The van der Waals surface area contributed by atoms with E-state index >= 15 is 0 Å². The maximum absolute atomic E-state index is 10.5. The quantitative estimate of drug-likeness (QED) is 0.337. The summed E-state index contributed by atoms with van der Waals surface area (Å²) in [5, 5.41) is 14.3. The highest BCUT2D eigenvalue weighted by Crippen LogP contribution is 2.31. The Kier molecular flexibility index (Phi) is 9.32. The average Bonchev–Trinajstić information content (AvgIpc) is 2.71. The Morgan fingerprint density at radius 3 is 2.66 bits per heavy atom. The first-order valence-electron chi connectivity index (χ1n) is 9.39. The van der Waals surface area contributed by atoms with Crippen molar-refractivity contribution in [1.82, 2.24) is 10.2 Å². The van der Waals surface area contributed by atoms with Crippen LogP contribution in [0.25, 0.3) is 0 Å². The zero-order chi connectivity index (χ0) is 19.9. The highest BCUT2D eigenvalue weighted by Gasteiger charge is 2.15. The molecule has 0 saturated carbocycles. The van der Waals surface area contributed by atoms with E-state index in [1.54, 1.807) is 6.07 Å². The summed E-state index contributed by atoms with van der Waals surface area (Å²) >= 11 is 6.17. The van der Waals surface area contributed by atoms with Crippen LogP contribution >= 0.6 is 35.6 Å². The van der Waals surface area contributed by atoms with Crippen molar-refractivity contribution in [2.45, 2.75) is 19.6 Å². The third-order valence-electron chi connectivity index (χ3n) is 4.40. The summed E-state index contributed by atoms with van der Waals surface area (Å²) in [5.41, 5.74) is 1.77. The van der Waals surface area contributed by atoms with Crippen molar-refractivity contribution in [2.24, 2.45) is 4.99 Å². The van der Waals surface area contributed by atoms with Gasteiger partial charge in [0.2, 0.25) is 0 Å². The molecule has 0 aliphatic carbocycles. The number of hydrogen-bond donors (Lipinski definition) is 2. The number of halogens is 2. The van der Waals surface area contributed by atoms with Crippen LogP contribution in [0, 0.1) is 0 Å². The number of nitrogens with one attached hydrogen (secondary N) is 1. The fraction of sp³-hybridized carbons (Fsp3) is 0.381. The molecule has 2 aromatic carbocycles. The fourth-order valence-electron chi connectivity index (χ4n) is 3.02. The fourth-order valence-corrected chi connectivity index (χ4v) is 3.28. The normalized spacial score (nSPS) is 14.0. The number of rotatable bonds is 6. The molecule has 29 heavy (non-hydrogen) atoms. The van der Waals surface area contributed by atoms with Crippen molar-refractivity contribution in [3.8, 4) is 11.5 Å². The Balaban J connectivity index is 0.00000300. The second-order valence-corrected chi connectivity index (χ2v) is 6.97. The van der Waals surface area contributed by atoms with Gasteiger partial charge in [0.25, 0.3) is 0 Å². The Hall–Kier alpha value is -1.71. The second-order valence-electron chi connectivity index (χ2n) is 6.57. The molecule has 1 aliphatic rings. The summed E-state index contributed by atoms with van der Waals surface area (Å²) in [6.45, 7) is 4.75. The van der Waals surface area contributed by atoms with Gasteiger partial charge in [0, 0.05) is 30.7 Å². The van der Waals surface area contributed by atoms with E-state index in [4.69, 9.17) is 21.1 Å². The van der Waals surface area contributed by atoms with Crippen molar-refractivity contribution in [3.05, 3.63) is 58.6 Å². The van der Waals surface area contributed by atoms with E-state index in [9.17, 15) is 5.11 Å². The van der Waals surface area contributed by atoms with Gasteiger partial charge in [0.05, 0.1) is 6.54 Å². The molecule has 6 nitrogen and oxygen atoms in total. The number of aliphatic hydroxyl groups is 1. The molecule has 0 bridgehead atoms. The van der Waals surface area contributed by atoms with Crippen LogP contribution in [0.2, 0.25) is 5.02 Å². The van der Waals surface area contributed by atoms with Gasteiger partial charge >= 0.3 is 0 Å². The lowest BCUT2D eigenvalue weighted by Gasteiger charge is -2.24. The maximum Gasteiger partial charge on any atom is 0.194 e. The van der Waals surface area contributed by atoms with Gasteiger partial charge in [-0.1, -0.05) is 35.9 Å². The van der Waals surface area contributed by atoms with Gasteiger partial charge < -0.3 is 24.8 Å². The number of fused-ring (bicyclic) bond motifs is 1. The lowest BCUT2D eigenvalue weighted by Crippen LogP contribution is -2.38. The molecule has 0 aromatic heterocycles. The molecule has 158 valence electrons. The largest absolute Gasteiger partial charge is 0.486 e. The molecule has 0 spiro atoms. The van der Waals surface area contributed by atoms with Crippen LogP contribution in [0.5, 0.6) is 11.5 Å². The first-order valence-corrected chi connectivity index (χ1v) is 9.76. The molecule has 3 rings (SSSR count). The van der Waals surface area contributed by atoms with Gasteiger partial charge in [-0.15, -0.1) is 24.0 Å². The Labute approximate surface area is 193 Å². The minimum Gasteiger partial charge on any atom is -0.486 e. The van der Waals surface area contributed by atoms with Crippen LogP contribution in [0.3, 0.4) is 0 Å². The van der Waals surface area contributed by atoms with Crippen LogP contribution in [0.4, 0.5) is 0 Å². The highest BCUT2D eigenvalue weighted by atomic mass is 127. The predicted octanol–water partition coefficient (Wildman–Crippen LogP) is 3.86. The number of benzene rings is 2. The Morgan fingerprint density at radius 1 is 1.21 bits per heavy atom. The molecular weight excluding hydrogens is 505 g/mol. The molecule has 0 radical (unpaired) electrons. The third-order valence-corrected chi connectivity index (χ3v) is 4.75. The summed E-state index contributed by atoms with van der Waals surface area (Å²) in [4.78, 5) is 6.59. The van der Waals surface area contributed by atoms with Gasteiger partial charge in [0.15, 0.2) is 17.5 Å². The van der Waals surface area contributed by atoms with E-state index in [1.165, 1.54) is 0 Å². The second kappa shape index (κ2) is 11.5. The summed E-state index contributed by atoms with van der Waals surface area (Å²) in [5.74, 6) is 2.26. The van der Waals surface area contributed by atoms with Crippen LogP contribution < -0.4 is 14.8 Å².